The Bertz CT molecular complexity index is 669. The number of carbonyl (C=O) groups excluding carboxylic acids is 1. The third kappa shape index (κ3) is 5.87. The molecule has 0 fully saturated rings. The van der Waals surface area contributed by atoms with Gasteiger partial charge in [-0.05, 0) is 43.3 Å². The molecule has 3 N–H and O–H groups in total. The van der Waals surface area contributed by atoms with E-state index in [2.05, 4.69) is 19.2 Å². The maximum absolute atomic E-state index is 13.1. The molecular weight excluding hydrogens is 319 g/mol. The number of carbonyl (C=O) groups is 1. The van der Waals surface area contributed by atoms with Gasteiger partial charge in [-0.1, -0.05) is 26.0 Å². The molecular formula is C20H26FN2O2+. The zero-order valence-electron chi connectivity index (χ0n) is 15.0. The minimum atomic E-state index is -0.250. The van der Waals surface area contributed by atoms with E-state index in [1.807, 2.05) is 36.5 Å². The van der Waals surface area contributed by atoms with Crippen molar-refractivity contribution in [1.82, 2.24) is 0 Å². The first-order valence-corrected chi connectivity index (χ1v) is 8.61. The molecule has 0 saturated carbocycles. The van der Waals surface area contributed by atoms with Crippen LogP contribution in [0.3, 0.4) is 0 Å². The lowest BCUT2D eigenvalue weighted by Crippen LogP contribution is -2.88. The van der Waals surface area contributed by atoms with E-state index in [1.165, 1.54) is 12.1 Å². The standard InChI is InChI=1S/C20H25FN2O2/c1-4-25-18-11-9-17(10-12-18)23-19(24)13-22-20(14(2)3)15-5-7-16(21)8-6-15/h5-12,14,20,22H,4,13H2,1-3H3,(H,23,24)/p+1/t20-/m1/s1. The summed E-state index contributed by atoms with van der Waals surface area (Å²) in [5.74, 6) is 0.781. The zero-order valence-corrected chi connectivity index (χ0v) is 15.0. The van der Waals surface area contributed by atoms with Crippen molar-refractivity contribution in [1.29, 1.82) is 0 Å². The zero-order chi connectivity index (χ0) is 18.2. The van der Waals surface area contributed by atoms with Gasteiger partial charge in [0, 0.05) is 17.2 Å². The van der Waals surface area contributed by atoms with Crippen molar-refractivity contribution in [3.63, 3.8) is 0 Å². The molecule has 2 rings (SSSR count). The summed E-state index contributed by atoms with van der Waals surface area (Å²) in [6.07, 6.45) is 0. The van der Waals surface area contributed by atoms with Gasteiger partial charge in [0.1, 0.15) is 17.6 Å². The van der Waals surface area contributed by atoms with Gasteiger partial charge in [-0.25, -0.2) is 4.39 Å². The van der Waals surface area contributed by atoms with Crippen LogP contribution in [0, 0.1) is 11.7 Å². The number of halogens is 1. The van der Waals surface area contributed by atoms with Crippen molar-refractivity contribution in [2.75, 3.05) is 18.5 Å². The first kappa shape index (κ1) is 18.9. The molecule has 0 aromatic heterocycles. The number of quaternary nitrogens is 1. The van der Waals surface area contributed by atoms with E-state index >= 15 is 0 Å². The second-order valence-corrected chi connectivity index (χ2v) is 6.27. The normalized spacial score (nSPS) is 12.0. The van der Waals surface area contributed by atoms with Crippen molar-refractivity contribution >= 4 is 11.6 Å². The van der Waals surface area contributed by atoms with Crippen LogP contribution in [0.4, 0.5) is 10.1 Å². The van der Waals surface area contributed by atoms with Gasteiger partial charge in [0.25, 0.3) is 5.91 Å². The summed E-state index contributed by atoms with van der Waals surface area (Å²) in [5, 5.41) is 4.87. The van der Waals surface area contributed by atoms with Crippen LogP contribution in [0.25, 0.3) is 0 Å². The molecule has 1 atom stereocenters. The maximum atomic E-state index is 13.1. The second kappa shape index (κ2) is 9.18. The Morgan fingerprint density at radius 2 is 1.76 bits per heavy atom. The summed E-state index contributed by atoms with van der Waals surface area (Å²) >= 11 is 0. The average molecular weight is 345 g/mol. The number of anilines is 1. The summed E-state index contributed by atoms with van der Waals surface area (Å²) in [4.78, 5) is 12.2. The van der Waals surface area contributed by atoms with Crippen LogP contribution in [-0.4, -0.2) is 19.1 Å². The fraction of sp³-hybridized carbons (Fsp3) is 0.350. The molecule has 0 spiro atoms. The molecule has 2 aromatic carbocycles. The highest BCUT2D eigenvalue weighted by Crippen LogP contribution is 2.18. The smallest absolute Gasteiger partial charge is 0.279 e. The van der Waals surface area contributed by atoms with Gasteiger partial charge in [0.15, 0.2) is 6.54 Å². The number of hydrogen-bond acceptors (Lipinski definition) is 2. The minimum absolute atomic E-state index is 0.0723. The molecule has 134 valence electrons. The van der Waals surface area contributed by atoms with E-state index in [0.717, 1.165) is 17.0 Å². The number of hydrogen-bond donors (Lipinski definition) is 2. The summed E-state index contributed by atoms with van der Waals surface area (Å²) in [6, 6.07) is 13.9. The third-order valence-corrected chi connectivity index (χ3v) is 3.98. The minimum Gasteiger partial charge on any atom is -0.494 e. The SMILES string of the molecule is CCOc1ccc(NC(=O)C[NH2+][C@@H](c2ccc(F)cc2)C(C)C)cc1. The fourth-order valence-corrected chi connectivity index (χ4v) is 2.73. The molecule has 2 aromatic rings. The summed E-state index contributed by atoms with van der Waals surface area (Å²) in [6.45, 7) is 7.02. The number of rotatable bonds is 8. The number of benzene rings is 2. The van der Waals surface area contributed by atoms with Crippen LogP contribution in [-0.2, 0) is 4.79 Å². The van der Waals surface area contributed by atoms with Crippen LogP contribution < -0.4 is 15.4 Å². The summed E-state index contributed by atoms with van der Waals surface area (Å²) in [7, 11) is 0. The number of amides is 1. The summed E-state index contributed by atoms with van der Waals surface area (Å²) in [5.41, 5.74) is 1.76. The molecule has 0 aliphatic heterocycles. The molecule has 0 bridgehead atoms. The topological polar surface area (TPSA) is 54.9 Å². The van der Waals surface area contributed by atoms with Gasteiger partial charge in [-0.2, -0.15) is 0 Å². The maximum Gasteiger partial charge on any atom is 0.279 e. The Hall–Kier alpha value is -2.40. The van der Waals surface area contributed by atoms with Gasteiger partial charge >= 0.3 is 0 Å². The van der Waals surface area contributed by atoms with Crippen molar-refractivity contribution in [2.24, 2.45) is 5.92 Å². The van der Waals surface area contributed by atoms with E-state index in [0.29, 0.717) is 19.1 Å². The van der Waals surface area contributed by atoms with E-state index in [1.54, 1.807) is 12.1 Å². The Labute approximate surface area is 148 Å². The largest absolute Gasteiger partial charge is 0.494 e. The Balaban J connectivity index is 1.91. The predicted molar refractivity (Wildman–Crippen MR) is 97.0 cm³/mol. The van der Waals surface area contributed by atoms with Gasteiger partial charge < -0.3 is 15.4 Å². The van der Waals surface area contributed by atoms with Crippen LogP contribution in [0.15, 0.2) is 48.5 Å². The van der Waals surface area contributed by atoms with Gasteiger partial charge in [0.2, 0.25) is 0 Å². The van der Waals surface area contributed by atoms with Gasteiger partial charge in [-0.3, -0.25) is 4.79 Å². The Morgan fingerprint density at radius 3 is 2.32 bits per heavy atom. The molecule has 0 aliphatic carbocycles. The molecule has 25 heavy (non-hydrogen) atoms. The van der Waals surface area contributed by atoms with Crippen molar-refractivity contribution in [3.05, 3.63) is 59.9 Å². The van der Waals surface area contributed by atoms with E-state index in [-0.39, 0.29) is 17.8 Å². The Kier molecular flexibility index (Phi) is 6.95. The molecule has 1 amide bonds. The Morgan fingerprint density at radius 1 is 1.12 bits per heavy atom. The quantitative estimate of drug-likeness (QED) is 0.772. The monoisotopic (exact) mass is 345 g/mol. The van der Waals surface area contributed by atoms with Gasteiger partial charge in [0.05, 0.1) is 6.61 Å². The highest BCUT2D eigenvalue weighted by atomic mass is 19.1. The second-order valence-electron chi connectivity index (χ2n) is 6.27. The molecule has 0 heterocycles. The molecule has 0 radical (unpaired) electrons. The van der Waals surface area contributed by atoms with E-state index in [9.17, 15) is 9.18 Å². The van der Waals surface area contributed by atoms with Gasteiger partial charge in [-0.15, -0.1) is 0 Å². The van der Waals surface area contributed by atoms with E-state index in [4.69, 9.17) is 4.74 Å². The first-order valence-electron chi connectivity index (χ1n) is 8.61. The van der Waals surface area contributed by atoms with Crippen LogP contribution in [0.2, 0.25) is 0 Å². The van der Waals surface area contributed by atoms with Crippen molar-refractivity contribution in [3.8, 4) is 5.75 Å². The third-order valence-electron chi connectivity index (χ3n) is 3.98. The highest BCUT2D eigenvalue weighted by molar-refractivity contribution is 5.91. The number of ether oxygens (including phenoxy) is 1. The lowest BCUT2D eigenvalue weighted by Gasteiger charge is -2.19. The molecule has 0 unspecified atom stereocenters. The van der Waals surface area contributed by atoms with Crippen molar-refractivity contribution in [2.45, 2.75) is 26.8 Å². The molecule has 5 heteroatoms. The van der Waals surface area contributed by atoms with Crippen LogP contribution in [0.1, 0.15) is 32.4 Å². The van der Waals surface area contributed by atoms with Crippen molar-refractivity contribution < 1.29 is 19.2 Å². The lowest BCUT2D eigenvalue weighted by atomic mass is 9.96. The van der Waals surface area contributed by atoms with E-state index < -0.39 is 0 Å². The first-order chi connectivity index (χ1) is 12.0. The molecule has 4 nitrogen and oxygen atoms in total. The predicted octanol–water partition coefficient (Wildman–Crippen LogP) is 3.12. The van der Waals surface area contributed by atoms with Crippen LogP contribution >= 0.6 is 0 Å². The molecule has 0 saturated heterocycles. The number of nitrogens with one attached hydrogen (secondary N) is 1. The highest BCUT2D eigenvalue weighted by Gasteiger charge is 2.20. The molecule has 0 aliphatic rings. The lowest BCUT2D eigenvalue weighted by molar-refractivity contribution is -0.692. The van der Waals surface area contributed by atoms with Crippen LogP contribution in [0.5, 0.6) is 5.75 Å². The fourth-order valence-electron chi connectivity index (χ4n) is 2.73. The number of nitrogens with two attached hydrogens (primary N) is 1. The average Bonchev–Trinajstić information content (AvgIpc) is 2.58. The summed E-state index contributed by atoms with van der Waals surface area (Å²) < 4.78 is 18.5.